The molecule has 10 nitrogen and oxygen atoms in total. The molecule has 2 heterocycles. The summed E-state index contributed by atoms with van der Waals surface area (Å²) in [5.74, 6) is -0.923. The first-order chi connectivity index (χ1) is 17.5. The summed E-state index contributed by atoms with van der Waals surface area (Å²) in [7, 11) is 0. The number of rotatable bonds is 10. The van der Waals surface area contributed by atoms with E-state index in [4.69, 9.17) is 14.2 Å². The third kappa shape index (κ3) is 8.82. The van der Waals surface area contributed by atoms with Gasteiger partial charge in [0, 0.05) is 32.7 Å². The Balaban J connectivity index is 1.32. The zero-order valence-corrected chi connectivity index (χ0v) is 21.0. The second-order valence-corrected chi connectivity index (χ2v) is 9.06. The van der Waals surface area contributed by atoms with Crippen molar-refractivity contribution in [2.75, 3.05) is 45.9 Å². The summed E-state index contributed by atoms with van der Waals surface area (Å²) >= 11 is 0. The highest BCUT2D eigenvalue weighted by molar-refractivity contribution is 5.82. The lowest BCUT2D eigenvalue weighted by Gasteiger charge is -2.34. The Morgan fingerprint density at radius 2 is 1.72 bits per heavy atom. The molecule has 0 bridgehead atoms. The number of amides is 3. The summed E-state index contributed by atoms with van der Waals surface area (Å²) in [6.07, 6.45) is 2.41. The van der Waals surface area contributed by atoms with Gasteiger partial charge in [0.2, 0.25) is 11.8 Å². The Hall–Kier alpha value is -3.14. The Bertz CT molecular complexity index is 872. The lowest BCUT2D eigenvalue weighted by Crippen LogP contribution is -2.47. The highest BCUT2D eigenvalue weighted by Gasteiger charge is 2.30. The van der Waals surface area contributed by atoms with Crippen molar-refractivity contribution in [3.8, 4) is 0 Å². The van der Waals surface area contributed by atoms with E-state index < -0.39 is 0 Å². The van der Waals surface area contributed by atoms with Crippen LogP contribution in [0, 0.1) is 5.92 Å². The van der Waals surface area contributed by atoms with Gasteiger partial charge in [-0.15, -0.1) is 0 Å². The maximum atomic E-state index is 12.7. The van der Waals surface area contributed by atoms with E-state index in [0.717, 1.165) is 12.0 Å². The van der Waals surface area contributed by atoms with Crippen LogP contribution >= 0.6 is 0 Å². The number of carbonyl (C=O) groups excluding carboxylic acids is 4. The molecule has 0 aliphatic carbocycles. The van der Waals surface area contributed by atoms with Gasteiger partial charge in [-0.25, -0.2) is 4.79 Å². The van der Waals surface area contributed by atoms with E-state index >= 15 is 0 Å². The summed E-state index contributed by atoms with van der Waals surface area (Å²) < 4.78 is 16.1. The monoisotopic (exact) mass is 503 g/mol. The van der Waals surface area contributed by atoms with Crippen LogP contribution < -0.4 is 5.32 Å². The van der Waals surface area contributed by atoms with Crippen LogP contribution in [0.3, 0.4) is 0 Å². The number of piperidine rings is 2. The molecule has 1 atom stereocenters. The molecule has 1 aromatic rings. The van der Waals surface area contributed by atoms with Gasteiger partial charge in [-0.3, -0.25) is 14.4 Å². The molecule has 2 aliphatic rings. The van der Waals surface area contributed by atoms with Crippen LogP contribution in [0.25, 0.3) is 0 Å². The van der Waals surface area contributed by atoms with E-state index in [2.05, 4.69) is 5.32 Å². The minimum absolute atomic E-state index is 0.0414. The predicted molar refractivity (Wildman–Crippen MR) is 131 cm³/mol. The Kier molecular flexibility index (Phi) is 11.0. The second-order valence-electron chi connectivity index (χ2n) is 9.06. The molecule has 0 radical (unpaired) electrons. The molecule has 2 aliphatic heterocycles. The predicted octanol–water partition coefficient (Wildman–Crippen LogP) is 2.11. The van der Waals surface area contributed by atoms with Gasteiger partial charge in [0.15, 0.2) is 0 Å². The first-order valence-electron chi connectivity index (χ1n) is 12.7. The van der Waals surface area contributed by atoms with Crippen molar-refractivity contribution < 1.29 is 33.4 Å². The fourth-order valence-electron chi connectivity index (χ4n) is 4.38. The van der Waals surface area contributed by atoms with Crippen molar-refractivity contribution in [2.45, 2.75) is 51.7 Å². The van der Waals surface area contributed by atoms with Crippen molar-refractivity contribution >= 4 is 23.9 Å². The third-order valence-electron chi connectivity index (χ3n) is 6.43. The molecule has 0 saturated carbocycles. The number of esters is 1. The second kappa shape index (κ2) is 14.4. The first kappa shape index (κ1) is 27.4. The largest absolute Gasteiger partial charge is 0.466 e. The fourth-order valence-corrected chi connectivity index (χ4v) is 4.38. The number of nitrogens with one attached hydrogen (secondary N) is 1. The van der Waals surface area contributed by atoms with E-state index in [1.807, 2.05) is 30.3 Å². The van der Waals surface area contributed by atoms with Crippen LogP contribution in [-0.4, -0.2) is 85.7 Å². The zero-order chi connectivity index (χ0) is 25.8. The van der Waals surface area contributed by atoms with Crippen molar-refractivity contribution in [1.82, 2.24) is 15.1 Å². The summed E-state index contributed by atoms with van der Waals surface area (Å²) in [6.45, 7) is 4.46. The molecular weight excluding hydrogens is 466 g/mol. The number of benzene rings is 1. The normalized spacial score (nSPS) is 18.4. The first-order valence-corrected chi connectivity index (χ1v) is 12.7. The van der Waals surface area contributed by atoms with Crippen LogP contribution in [0.1, 0.15) is 44.6 Å². The Labute approximate surface area is 212 Å². The maximum Gasteiger partial charge on any atom is 0.410 e. The van der Waals surface area contributed by atoms with Gasteiger partial charge in [-0.2, -0.15) is 0 Å². The van der Waals surface area contributed by atoms with E-state index in [1.165, 1.54) is 0 Å². The summed E-state index contributed by atoms with van der Waals surface area (Å²) in [4.78, 5) is 52.2. The summed E-state index contributed by atoms with van der Waals surface area (Å²) in [5.41, 5.74) is 0.941. The molecule has 3 rings (SSSR count). The smallest absolute Gasteiger partial charge is 0.410 e. The van der Waals surface area contributed by atoms with E-state index in [1.54, 1.807) is 16.7 Å². The molecule has 1 N–H and O–H groups in total. The van der Waals surface area contributed by atoms with Crippen molar-refractivity contribution in [3.63, 3.8) is 0 Å². The number of likely N-dealkylation sites (tertiary alicyclic amines) is 2. The Morgan fingerprint density at radius 1 is 0.972 bits per heavy atom. The fraction of sp³-hybridized carbons (Fsp3) is 0.615. The van der Waals surface area contributed by atoms with E-state index in [0.29, 0.717) is 52.0 Å². The number of ether oxygens (including phenoxy) is 3. The minimum atomic E-state index is -0.342. The zero-order valence-electron chi connectivity index (χ0n) is 21.0. The number of nitrogens with zero attached hydrogens (tertiary/aromatic N) is 2. The van der Waals surface area contributed by atoms with Gasteiger partial charge in [-0.1, -0.05) is 30.3 Å². The van der Waals surface area contributed by atoms with Crippen molar-refractivity contribution in [2.24, 2.45) is 5.92 Å². The molecule has 36 heavy (non-hydrogen) atoms. The van der Waals surface area contributed by atoms with Gasteiger partial charge in [0.25, 0.3) is 0 Å². The maximum absolute atomic E-state index is 12.7. The average molecular weight is 504 g/mol. The van der Waals surface area contributed by atoms with Crippen molar-refractivity contribution in [3.05, 3.63) is 35.9 Å². The lowest BCUT2D eigenvalue weighted by atomic mass is 9.97. The molecule has 1 aromatic carbocycles. The molecule has 0 aromatic heterocycles. The topological polar surface area (TPSA) is 114 Å². The van der Waals surface area contributed by atoms with Gasteiger partial charge >= 0.3 is 12.1 Å². The molecule has 0 unspecified atom stereocenters. The van der Waals surface area contributed by atoms with Gasteiger partial charge in [-0.05, 0) is 38.2 Å². The molecular formula is C26H37N3O7. The average Bonchev–Trinajstić information content (AvgIpc) is 2.91. The van der Waals surface area contributed by atoms with Gasteiger partial charge < -0.3 is 29.3 Å². The summed E-state index contributed by atoms with van der Waals surface area (Å²) in [6, 6.07) is 9.54. The van der Waals surface area contributed by atoms with Crippen LogP contribution in [0.4, 0.5) is 4.79 Å². The quantitative estimate of drug-likeness (QED) is 0.487. The van der Waals surface area contributed by atoms with Crippen LogP contribution in [0.2, 0.25) is 0 Å². The van der Waals surface area contributed by atoms with Crippen LogP contribution in [-0.2, 0) is 35.2 Å². The minimum Gasteiger partial charge on any atom is -0.466 e. The SMILES string of the molecule is CCOC(=O)CCNC(=O)[C@H]1CCCN(C(=O)COC2CCN(C(=O)OCc3ccccc3)CC2)C1. The molecule has 198 valence electrons. The van der Waals surface area contributed by atoms with Crippen LogP contribution in [0.5, 0.6) is 0 Å². The number of carbonyl (C=O) groups is 4. The van der Waals surface area contributed by atoms with E-state index in [9.17, 15) is 19.2 Å². The molecule has 10 heteroatoms. The summed E-state index contributed by atoms with van der Waals surface area (Å²) in [5, 5.41) is 2.76. The highest BCUT2D eigenvalue weighted by Crippen LogP contribution is 2.19. The molecule has 3 amide bonds. The van der Waals surface area contributed by atoms with Gasteiger partial charge in [0.05, 0.1) is 25.0 Å². The Morgan fingerprint density at radius 3 is 2.44 bits per heavy atom. The third-order valence-corrected chi connectivity index (χ3v) is 6.43. The van der Waals surface area contributed by atoms with Crippen molar-refractivity contribution in [1.29, 1.82) is 0 Å². The van der Waals surface area contributed by atoms with Crippen LogP contribution in [0.15, 0.2) is 30.3 Å². The molecule has 2 fully saturated rings. The molecule has 0 spiro atoms. The lowest BCUT2D eigenvalue weighted by molar-refractivity contribution is -0.143. The number of hydrogen-bond acceptors (Lipinski definition) is 7. The molecule has 2 saturated heterocycles. The van der Waals surface area contributed by atoms with Gasteiger partial charge in [0.1, 0.15) is 13.2 Å². The number of hydrogen-bond donors (Lipinski definition) is 1. The standard InChI is InChI=1S/C26H37N3O7/c1-2-34-24(31)10-13-27-25(32)21-9-6-14-29(17-21)23(30)19-35-22-11-15-28(16-12-22)26(33)36-18-20-7-4-3-5-8-20/h3-5,7-8,21-22H,2,6,9-19H2,1H3,(H,27,32)/t21-/m0/s1. The van der Waals surface area contributed by atoms with E-state index in [-0.39, 0.29) is 62.1 Å². The highest BCUT2D eigenvalue weighted by atomic mass is 16.6.